The van der Waals surface area contributed by atoms with Crippen LogP contribution in [0.2, 0.25) is 0 Å². The molecule has 0 fully saturated rings. The molecule has 0 unspecified atom stereocenters. The van der Waals surface area contributed by atoms with Crippen LogP contribution in [0.15, 0.2) is 96.1 Å². The summed E-state index contributed by atoms with van der Waals surface area (Å²) < 4.78 is 8.50. The smallest absolute Gasteiger partial charge is 0.279 e. The first-order chi connectivity index (χ1) is 21.8. The fourth-order valence-corrected chi connectivity index (χ4v) is 5.78. The van der Waals surface area contributed by atoms with Crippen LogP contribution in [0.25, 0.3) is 16.5 Å². The second-order valence-corrected chi connectivity index (χ2v) is 11.1. The summed E-state index contributed by atoms with van der Waals surface area (Å²) in [5.41, 5.74) is 1.07. The van der Waals surface area contributed by atoms with Crippen molar-refractivity contribution < 1.29 is 19.7 Å². The Hall–Kier alpha value is -5.13. The van der Waals surface area contributed by atoms with Gasteiger partial charge in [0, 0.05) is 42.6 Å². The number of ether oxygens (including phenoxy) is 1. The van der Waals surface area contributed by atoms with Crippen molar-refractivity contribution in [3.05, 3.63) is 118 Å². The number of fused-ring (bicyclic) bond motifs is 2. The van der Waals surface area contributed by atoms with Gasteiger partial charge >= 0.3 is 0 Å². The van der Waals surface area contributed by atoms with Crippen LogP contribution in [0.1, 0.15) is 30.2 Å². The van der Waals surface area contributed by atoms with Gasteiger partial charge in [-0.15, -0.1) is 5.10 Å². The molecule has 0 saturated heterocycles. The van der Waals surface area contributed by atoms with Gasteiger partial charge in [0.15, 0.2) is 5.60 Å². The molecule has 45 heavy (non-hydrogen) atoms. The molecule has 6 rings (SSSR count). The average molecular weight is 607 g/mol. The molecule has 1 amide bonds. The molecule has 3 heterocycles. The number of carbonyl (C=O) groups is 1. The number of aromatic nitrogens is 5. The second kappa shape index (κ2) is 12.5. The van der Waals surface area contributed by atoms with E-state index in [2.05, 4.69) is 15.4 Å². The number of rotatable bonds is 11. The summed E-state index contributed by atoms with van der Waals surface area (Å²) in [6.45, 7) is 2.57. The van der Waals surface area contributed by atoms with E-state index in [9.17, 15) is 14.7 Å². The zero-order valence-corrected chi connectivity index (χ0v) is 25.1. The molecule has 1 aliphatic rings. The lowest BCUT2D eigenvalue weighted by Gasteiger charge is -2.28. The van der Waals surface area contributed by atoms with Crippen molar-refractivity contribution in [2.24, 2.45) is 5.92 Å². The number of aliphatic hydroxyl groups is 2. The highest BCUT2D eigenvalue weighted by Crippen LogP contribution is 2.47. The van der Waals surface area contributed by atoms with Gasteiger partial charge in [-0.25, -0.2) is 0 Å². The zero-order valence-electron chi connectivity index (χ0n) is 25.1. The van der Waals surface area contributed by atoms with Crippen molar-refractivity contribution in [2.75, 3.05) is 18.6 Å². The van der Waals surface area contributed by atoms with Gasteiger partial charge in [0.2, 0.25) is 0 Å². The van der Waals surface area contributed by atoms with E-state index in [1.54, 1.807) is 59.4 Å². The van der Waals surface area contributed by atoms with Gasteiger partial charge in [-0.1, -0.05) is 54.6 Å². The van der Waals surface area contributed by atoms with Gasteiger partial charge in [-0.3, -0.25) is 14.3 Å². The summed E-state index contributed by atoms with van der Waals surface area (Å²) in [6.07, 6.45) is 8.28. The van der Waals surface area contributed by atoms with Crippen LogP contribution in [-0.4, -0.2) is 54.6 Å². The van der Waals surface area contributed by atoms with E-state index in [1.165, 1.54) is 4.68 Å². The van der Waals surface area contributed by atoms with Crippen molar-refractivity contribution in [2.45, 2.75) is 38.5 Å². The Morgan fingerprint density at radius 2 is 1.91 bits per heavy atom. The first kappa shape index (κ1) is 29.9. The molecule has 0 radical (unpaired) electrons. The monoisotopic (exact) mass is 606 g/mol. The Balaban J connectivity index is 1.26. The third kappa shape index (κ3) is 5.63. The van der Waals surface area contributed by atoms with Gasteiger partial charge in [0.05, 0.1) is 42.3 Å². The topological polar surface area (TPSA) is 136 Å². The maximum atomic E-state index is 14.1. The lowest BCUT2D eigenvalue weighted by molar-refractivity contribution is -0.139. The molecule has 5 aromatic rings. The van der Waals surface area contributed by atoms with Gasteiger partial charge in [0.1, 0.15) is 5.75 Å². The summed E-state index contributed by atoms with van der Waals surface area (Å²) in [5.74, 6) is -0.473. The fourth-order valence-electron chi connectivity index (χ4n) is 5.78. The largest absolute Gasteiger partial charge is 0.497 e. The van der Waals surface area contributed by atoms with E-state index in [0.29, 0.717) is 47.5 Å². The molecule has 0 saturated carbocycles. The van der Waals surface area contributed by atoms with Crippen LogP contribution in [0, 0.1) is 5.92 Å². The van der Waals surface area contributed by atoms with Crippen molar-refractivity contribution in [3.63, 3.8) is 0 Å². The van der Waals surface area contributed by atoms with Crippen LogP contribution in [-0.2, 0) is 29.9 Å². The molecule has 230 valence electrons. The summed E-state index contributed by atoms with van der Waals surface area (Å²) >= 11 is 0. The summed E-state index contributed by atoms with van der Waals surface area (Å²) in [7, 11) is 1.54. The zero-order chi connectivity index (χ0) is 31.6. The summed E-state index contributed by atoms with van der Waals surface area (Å²) in [5, 5.41) is 35.0. The molecule has 2 N–H and O–H groups in total. The second-order valence-electron chi connectivity index (χ2n) is 11.1. The van der Waals surface area contributed by atoms with Crippen molar-refractivity contribution in [3.8, 4) is 11.4 Å². The van der Waals surface area contributed by atoms with Gasteiger partial charge in [0.25, 0.3) is 11.5 Å². The van der Waals surface area contributed by atoms with Crippen molar-refractivity contribution in [1.82, 2.24) is 24.8 Å². The number of nitrogens with zero attached hydrogens (tertiary/aromatic N) is 6. The first-order valence-electron chi connectivity index (χ1n) is 14.8. The molecule has 0 bridgehead atoms. The van der Waals surface area contributed by atoms with Gasteiger partial charge in [-0.05, 0) is 48.4 Å². The van der Waals surface area contributed by atoms with E-state index in [1.807, 2.05) is 55.5 Å². The number of allylic oxidation sites excluding steroid dienone is 1. The van der Waals surface area contributed by atoms with Crippen molar-refractivity contribution in [1.29, 1.82) is 0 Å². The van der Waals surface area contributed by atoms with E-state index >= 15 is 0 Å². The number of hydrogen-bond donors (Lipinski definition) is 2. The average Bonchev–Trinajstić information content (AvgIpc) is 3.60. The minimum atomic E-state index is -1.82. The Morgan fingerprint density at radius 3 is 2.73 bits per heavy atom. The number of aliphatic hydroxyl groups excluding tert-OH is 1. The molecule has 3 aromatic carbocycles. The minimum absolute atomic E-state index is 0.0130. The maximum Gasteiger partial charge on any atom is 0.279 e. The SMILES string of the molecule is COc1ccc2c(c1)[C@](O)([C@@H](C)/C=C/CCn1cc(CCO)nn1)C(=O)N2Cc1cccc(-n2ncc3ccccc3c2=O)c1. The Bertz CT molecular complexity index is 1950. The van der Waals surface area contributed by atoms with Gasteiger partial charge < -0.3 is 19.8 Å². The number of amides is 1. The molecule has 11 heteroatoms. The molecule has 2 atom stereocenters. The standard InChI is InChI=1S/C34H34N6O5/c1-23(8-5-6-16-38-22-26(15-17-41)36-37-38)34(44)30-19-28(45-2)13-14-31(30)39(33(34)43)21-24-9-7-11-27(18-24)40-32(42)29-12-4-3-10-25(29)20-35-40/h3-5,7-14,18-20,22-23,41,44H,6,15-17,21H2,1-2H3/b8-5+/t23-,34+/m0/s1. The highest BCUT2D eigenvalue weighted by Gasteiger charge is 2.52. The van der Waals surface area contributed by atoms with E-state index in [0.717, 1.165) is 16.6 Å². The predicted molar refractivity (Wildman–Crippen MR) is 169 cm³/mol. The highest BCUT2D eigenvalue weighted by molar-refractivity contribution is 6.07. The number of hydrogen-bond acceptors (Lipinski definition) is 8. The lowest BCUT2D eigenvalue weighted by Crippen LogP contribution is -2.44. The Morgan fingerprint density at radius 1 is 1.07 bits per heavy atom. The molecule has 0 spiro atoms. The van der Waals surface area contributed by atoms with E-state index in [4.69, 9.17) is 9.84 Å². The lowest BCUT2D eigenvalue weighted by atomic mass is 9.83. The number of methoxy groups -OCH3 is 1. The van der Waals surface area contributed by atoms with Crippen LogP contribution in [0.4, 0.5) is 5.69 Å². The first-order valence-corrected chi connectivity index (χ1v) is 14.8. The predicted octanol–water partition coefficient (Wildman–Crippen LogP) is 3.54. The highest BCUT2D eigenvalue weighted by atomic mass is 16.5. The number of anilines is 1. The minimum Gasteiger partial charge on any atom is -0.497 e. The van der Waals surface area contributed by atoms with E-state index in [-0.39, 0.29) is 18.7 Å². The normalized spacial score (nSPS) is 16.9. The quantitative estimate of drug-likeness (QED) is 0.218. The van der Waals surface area contributed by atoms with Gasteiger partial charge in [-0.2, -0.15) is 9.78 Å². The van der Waals surface area contributed by atoms with Crippen LogP contribution in [0.3, 0.4) is 0 Å². The van der Waals surface area contributed by atoms with E-state index < -0.39 is 17.4 Å². The molecule has 1 aliphatic heterocycles. The number of carbonyl (C=O) groups excluding carboxylic acids is 1. The van der Waals surface area contributed by atoms with Crippen LogP contribution < -0.4 is 15.2 Å². The molecule has 11 nitrogen and oxygen atoms in total. The molecule has 2 aromatic heterocycles. The van der Waals surface area contributed by atoms with Crippen molar-refractivity contribution >= 4 is 22.4 Å². The molecular weight excluding hydrogens is 572 g/mol. The summed E-state index contributed by atoms with van der Waals surface area (Å²) in [6, 6.07) is 19.9. The molecular formula is C34H34N6O5. The van der Waals surface area contributed by atoms with Crippen LogP contribution >= 0.6 is 0 Å². The third-order valence-electron chi connectivity index (χ3n) is 8.23. The summed E-state index contributed by atoms with van der Waals surface area (Å²) in [4.78, 5) is 28.9. The number of benzene rings is 3. The Labute approximate surface area is 259 Å². The fraction of sp³-hybridized carbons (Fsp3) is 0.265. The third-order valence-corrected chi connectivity index (χ3v) is 8.23. The van der Waals surface area contributed by atoms with Crippen LogP contribution in [0.5, 0.6) is 5.75 Å². The number of aryl methyl sites for hydroxylation is 1. The maximum absolute atomic E-state index is 14.1. The molecule has 0 aliphatic carbocycles. The Kier molecular flexibility index (Phi) is 8.29.